The lowest BCUT2D eigenvalue weighted by Gasteiger charge is -2.35. The van der Waals surface area contributed by atoms with E-state index in [1.807, 2.05) is 0 Å². The molecule has 1 N–H and O–H groups in total. The van der Waals surface area contributed by atoms with E-state index in [0.717, 1.165) is 24.2 Å². The van der Waals surface area contributed by atoms with Crippen LogP contribution in [0, 0.1) is 11.8 Å². The summed E-state index contributed by atoms with van der Waals surface area (Å²) in [5.41, 5.74) is 0.531. The van der Waals surface area contributed by atoms with Gasteiger partial charge in [0.15, 0.2) is 6.10 Å². The lowest BCUT2D eigenvalue weighted by Crippen LogP contribution is -2.47. The molecule has 29 heavy (non-hydrogen) atoms. The molecule has 1 aromatic rings. The van der Waals surface area contributed by atoms with Gasteiger partial charge in [-0.05, 0) is 43.4 Å². The van der Waals surface area contributed by atoms with E-state index in [1.54, 1.807) is 19.1 Å². The second-order valence-electron chi connectivity index (χ2n) is 8.10. The number of carbonyl (C=O) groups excluding carboxylic acids is 4. The van der Waals surface area contributed by atoms with Gasteiger partial charge in [-0.3, -0.25) is 19.3 Å². The Kier molecular flexibility index (Phi) is 6.35. The number of carbonyl (C=O) groups is 4. The van der Waals surface area contributed by atoms with Crippen molar-refractivity contribution in [2.45, 2.75) is 65.0 Å². The SMILES string of the molecule is C[C@@H]1[C@@H](C)CCC[C@H]1NC(=O)[C@@H](C)OC(=O)c1cccc(N2C(=O)CCC2=O)c1. The number of ether oxygens (including phenoxy) is 1. The highest BCUT2D eigenvalue weighted by Crippen LogP contribution is 2.29. The third-order valence-electron chi connectivity index (χ3n) is 6.08. The van der Waals surface area contributed by atoms with Gasteiger partial charge in [-0.2, -0.15) is 0 Å². The number of nitrogens with one attached hydrogen (secondary N) is 1. The van der Waals surface area contributed by atoms with Gasteiger partial charge >= 0.3 is 5.97 Å². The molecule has 1 heterocycles. The van der Waals surface area contributed by atoms with Crippen molar-refractivity contribution in [2.24, 2.45) is 11.8 Å². The minimum atomic E-state index is -0.939. The van der Waals surface area contributed by atoms with Gasteiger partial charge in [0.1, 0.15) is 0 Å². The quantitative estimate of drug-likeness (QED) is 0.606. The maximum atomic E-state index is 12.5. The zero-order valence-corrected chi connectivity index (χ0v) is 17.1. The lowest BCUT2D eigenvalue weighted by molar-refractivity contribution is -0.130. The lowest BCUT2D eigenvalue weighted by atomic mass is 9.78. The number of anilines is 1. The topological polar surface area (TPSA) is 92.8 Å². The Morgan fingerprint density at radius 2 is 1.83 bits per heavy atom. The molecule has 0 radical (unpaired) electrons. The average Bonchev–Trinajstić information content (AvgIpc) is 3.03. The molecule has 4 atom stereocenters. The summed E-state index contributed by atoms with van der Waals surface area (Å²) in [6.45, 7) is 5.87. The van der Waals surface area contributed by atoms with Crippen LogP contribution in [0.3, 0.4) is 0 Å². The smallest absolute Gasteiger partial charge is 0.338 e. The van der Waals surface area contributed by atoms with Crippen molar-refractivity contribution in [3.8, 4) is 0 Å². The number of imide groups is 1. The number of esters is 1. The summed E-state index contributed by atoms with van der Waals surface area (Å²) >= 11 is 0. The Morgan fingerprint density at radius 1 is 1.14 bits per heavy atom. The summed E-state index contributed by atoms with van der Waals surface area (Å²) in [5.74, 6) is -0.634. The van der Waals surface area contributed by atoms with E-state index < -0.39 is 12.1 Å². The van der Waals surface area contributed by atoms with E-state index in [0.29, 0.717) is 17.5 Å². The fourth-order valence-electron chi connectivity index (χ4n) is 4.00. The van der Waals surface area contributed by atoms with Crippen molar-refractivity contribution in [2.75, 3.05) is 4.90 Å². The Morgan fingerprint density at radius 3 is 2.52 bits per heavy atom. The minimum Gasteiger partial charge on any atom is -0.449 e. The summed E-state index contributed by atoms with van der Waals surface area (Å²) in [4.78, 5) is 49.9. The van der Waals surface area contributed by atoms with Crippen LogP contribution in [0.15, 0.2) is 24.3 Å². The van der Waals surface area contributed by atoms with Crippen LogP contribution in [0.5, 0.6) is 0 Å². The molecule has 7 heteroatoms. The van der Waals surface area contributed by atoms with Gasteiger partial charge in [-0.15, -0.1) is 0 Å². The van der Waals surface area contributed by atoms with E-state index in [2.05, 4.69) is 19.2 Å². The number of hydrogen-bond acceptors (Lipinski definition) is 5. The van der Waals surface area contributed by atoms with E-state index in [1.165, 1.54) is 12.1 Å². The average molecular weight is 400 g/mol. The Labute approximate surface area is 170 Å². The highest BCUT2D eigenvalue weighted by molar-refractivity contribution is 6.20. The van der Waals surface area contributed by atoms with Crippen molar-refractivity contribution >= 4 is 29.4 Å². The van der Waals surface area contributed by atoms with Crippen LogP contribution in [0.1, 0.15) is 63.2 Å². The molecule has 1 saturated carbocycles. The molecular weight excluding hydrogens is 372 g/mol. The first kappa shape index (κ1) is 21.0. The minimum absolute atomic E-state index is 0.0860. The van der Waals surface area contributed by atoms with E-state index in [9.17, 15) is 19.2 Å². The van der Waals surface area contributed by atoms with Crippen LogP contribution in [0.25, 0.3) is 0 Å². The predicted molar refractivity (Wildman–Crippen MR) is 107 cm³/mol. The molecule has 1 aromatic carbocycles. The second-order valence-corrected chi connectivity index (χ2v) is 8.10. The molecule has 0 bridgehead atoms. The van der Waals surface area contributed by atoms with Crippen molar-refractivity contribution < 1.29 is 23.9 Å². The van der Waals surface area contributed by atoms with Crippen molar-refractivity contribution in [3.05, 3.63) is 29.8 Å². The highest BCUT2D eigenvalue weighted by Gasteiger charge is 2.32. The van der Waals surface area contributed by atoms with E-state index in [-0.39, 0.29) is 42.2 Å². The number of amides is 3. The summed E-state index contributed by atoms with van der Waals surface area (Å²) in [7, 11) is 0. The molecule has 1 aliphatic carbocycles. The van der Waals surface area contributed by atoms with E-state index in [4.69, 9.17) is 4.74 Å². The van der Waals surface area contributed by atoms with Gasteiger partial charge in [0.25, 0.3) is 5.91 Å². The van der Waals surface area contributed by atoms with Crippen molar-refractivity contribution in [1.29, 1.82) is 0 Å². The van der Waals surface area contributed by atoms with Crippen LogP contribution < -0.4 is 10.2 Å². The largest absolute Gasteiger partial charge is 0.449 e. The Bertz CT molecular complexity index is 805. The molecule has 1 saturated heterocycles. The van der Waals surface area contributed by atoms with Crippen molar-refractivity contribution in [1.82, 2.24) is 5.32 Å². The molecule has 0 spiro atoms. The first-order valence-corrected chi connectivity index (χ1v) is 10.2. The zero-order valence-electron chi connectivity index (χ0n) is 17.1. The summed E-state index contributed by atoms with van der Waals surface area (Å²) < 4.78 is 5.33. The molecule has 2 fully saturated rings. The maximum Gasteiger partial charge on any atom is 0.338 e. The molecule has 1 aliphatic heterocycles. The van der Waals surface area contributed by atoms with Gasteiger partial charge in [0, 0.05) is 18.9 Å². The van der Waals surface area contributed by atoms with Crippen molar-refractivity contribution in [3.63, 3.8) is 0 Å². The van der Waals surface area contributed by atoms with Gasteiger partial charge in [-0.1, -0.05) is 32.8 Å². The molecule has 3 rings (SSSR count). The Hall–Kier alpha value is -2.70. The molecule has 3 amide bonds. The summed E-state index contributed by atoms with van der Waals surface area (Å²) in [6.07, 6.45) is 2.57. The van der Waals surface area contributed by atoms with Gasteiger partial charge < -0.3 is 10.1 Å². The maximum absolute atomic E-state index is 12.5. The van der Waals surface area contributed by atoms with Crippen LogP contribution >= 0.6 is 0 Å². The monoisotopic (exact) mass is 400 g/mol. The van der Waals surface area contributed by atoms with Crippen LogP contribution in [0.2, 0.25) is 0 Å². The van der Waals surface area contributed by atoms with Gasteiger partial charge in [0.2, 0.25) is 11.8 Å². The molecule has 0 unspecified atom stereocenters. The standard InChI is InChI=1S/C22H28N2O5/c1-13-6-4-9-18(14(13)2)23-21(27)15(3)29-22(28)16-7-5-8-17(12-16)24-19(25)10-11-20(24)26/h5,7-8,12-15,18H,4,6,9-11H2,1-3H3,(H,23,27)/t13-,14+,15+,18+/m0/s1. The van der Waals surface area contributed by atoms with Crippen LogP contribution in [0.4, 0.5) is 5.69 Å². The fourth-order valence-corrected chi connectivity index (χ4v) is 4.00. The molecule has 156 valence electrons. The predicted octanol–water partition coefficient (Wildman–Crippen LogP) is 2.83. The number of nitrogens with zero attached hydrogens (tertiary/aromatic N) is 1. The number of rotatable bonds is 5. The Balaban J connectivity index is 1.62. The normalized spacial score (nSPS) is 25.6. The van der Waals surface area contributed by atoms with Crippen LogP contribution in [-0.2, 0) is 19.1 Å². The van der Waals surface area contributed by atoms with E-state index >= 15 is 0 Å². The third-order valence-corrected chi connectivity index (χ3v) is 6.08. The first-order valence-electron chi connectivity index (χ1n) is 10.2. The highest BCUT2D eigenvalue weighted by atomic mass is 16.5. The zero-order chi connectivity index (χ0) is 21.1. The molecule has 7 nitrogen and oxygen atoms in total. The summed E-state index contributed by atoms with van der Waals surface area (Å²) in [6, 6.07) is 6.24. The summed E-state index contributed by atoms with van der Waals surface area (Å²) in [5, 5.41) is 3.01. The van der Waals surface area contributed by atoms with Gasteiger partial charge in [0.05, 0.1) is 11.3 Å². The molecular formula is C22H28N2O5. The third kappa shape index (κ3) is 4.66. The first-order chi connectivity index (χ1) is 13.8. The molecule has 2 aliphatic rings. The fraction of sp³-hybridized carbons (Fsp3) is 0.545. The second kappa shape index (κ2) is 8.76. The number of hydrogen-bond donors (Lipinski definition) is 1. The number of benzene rings is 1. The van der Waals surface area contributed by atoms with Gasteiger partial charge in [-0.25, -0.2) is 4.79 Å². The molecule has 0 aromatic heterocycles. The van der Waals surface area contributed by atoms with Crippen LogP contribution in [-0.4, -0.2) is 35.8 Å².